The lowest BCUT2D eigenvalue weighted by Gasteiger charge is -2.10. The molecule has 0 aliphatic carbocycles. The standard InChI is InChI=1S/C14H14Cl2N2O2S/c1-9(17)10-2-4-14(5-3-10)21(19,20)18-13-7-11(15)6-12(16)8-13/h2-9,18H,17H2,1H3. The number of nitrogens with one attached hydrogen (secondary N) is 1. The van der Waals surface area contributed by atoms with Crippen LogP contribution in [-0.4, -0.2) is 8.42 Å². The highest BCUT2D eigenvalue weighted by atomic mass is 35.5. The van der Waals surface area contributed by atoms with Crippen molar-refractivity contribution in [2.24, 2.45) is 5.73 Å². The van der Waals surface area contributed by atoms with Gasteiger partial charge in [-0.05, 0) is 42.8 Å². The Morgan fingerprint density at radius 2 is 1.57 bits per heavy atom. The van der Waals surface area contributed by atoms with Crippen LogP contribution in [0, 0.1) is 0 Å². The summed E-state index contributed by atoms with van der Waals surface area (Å²) in [7, 11) is -3.70. The molecule has 0 amide bonds. The minimum Gasteiger partial charge on any atom is -0.324 e. The summed E-state index contributed by atoms with van der Waals surface area (Å²) in [6.45, 7) is 1.83. The molecule has 2 aromatic rings. The van der Waals surface area contributed by atoms with Crippen molar-refractivity contribution in [1.29, 1.82) is 0 Å². The molecule has 0 spiro atoms. The molecule has 0 heterocycles. The summed E-state index contributed by atoms with van der Waals surface area (Å²) in [5.74, 6) is 0. The molecule has 2 aromatic carbocycles. The average Bonchev–Trinajstić information content (AvgIpc) is 2.37. The van der Waals surface area contributed by atoms with Crippen molar-refractivity contribution < 1.29 is 8.42 Å². The molecule has 2 rings (SSSR count). The zero-order valence-electron chi connectivity index (χ0n) is 11.2. The summed E-state index contributed by atoms with van der Waals surface area (Å²) in [4.78, 5) is 0.142. The first-order chi connectivity index (χ1) is 9.78. The smallest absolute Gasteiger partial charge is 0.261 e. The number of sulfonamides is 1. The SMILES string of the molecule is CC(N)c1ccc(S(=O)(=O)Nc2cc(Cl)cc(Cl)c2)cc1. The fourth-order valence-electron chi connectivity index (χ4n) is 1.78. The van der Waals surface area contributed by atoms with Crippen LogP contribution in [0.15, 0.2) is 47.4 Å². The zero-order chi connectivity index (χ0) is 15.6. The van der Waals surface area contributed by atoms with Crippen molar-refractivity contribution in [2.75, 3.05) is 4.72 Å². The Hall–Kier alpha value is -1.27. The first kappa shape index (κ1) is 16.1. The molecule has 3 N–H and O–H groups in total. The molecule has 0 radical (unpaired) electrons. The van der Waals surface area contributed by atoms with Crippen LogP contribution in [0.25, 0.3) is 0 Å². The molecular weight excluding hydrogens is 331 g/mol. The van der Waals surface area contributed by atoms with Gasteiger partial charge in [-0.25, -0.2) is 8.42 Å². The lowest BCUT2D eigenvalue weighted by molar-refractivity contribution is 0.601. The van der Waals surface area contributed by atoms with E-state index in [-0.39, 0.29) is 10.9 Å². The second-order valence-electron chi connectivity index (χ2n) is 4.62. The summed E-state index contributed by atoms with van der Waals surface area (Å²) < 4.78 is 27.0. The van der Waals surface area contributed by atoms with Crippen molar-refractivity contribution in [2.45, 2.75) is 17.9 Å². The molecule has 0 aliphatic rings. The topological polar surface area (TPSA) is 72.2 Å². The zero-order valence-corrected chi connectivity index (χ0v) is 13.5. The van der Waals surface area contributed by atoms with Crippen LogP contribution in [0.1, 0.15) is 18.5 Å². The first-order valence-electron chi connectivity index (χ1n) is 6.12. The number of benzene rings is 2. The second kappa shape index (κ2) is 6.23. The van der Waals surface area contributed by atoms with Crippen LogP contribution < -0.4 is 10.5 Å². The minimum absolute atomic E-state index is 0.142. The summed E-state index contributed by atoms with van der Waals surface area (Å²) in [5, 5.41) is 0.708. The average molecular weight is 345 g/mol. The van der Waals surface area contributed by atoms with E-state index in [1.807, 2.05) is 6.92 Å². The molecule has 1 unspecified atom stereocenters. The third-order valence-corrected chi connectivity index (χ3v) is 4.66. The van der Waals surface area contributed by atoms with Gasteiger partial charge < -0.3 is 5.73 Å². The lowest BCUT2D eigenvalue weighted by atomic mass is 10.1. The highest BCUT2D eigenvalue weighted by Crippen LogP contribution is 2.25. The van der Waals surface area contributed by atoms with Crippen molar-refractivity contribution in [3.63, 3.8) is 0 Å². The van der Waals surface area contributed by atoms with Gasteiger partial charge in [-0.2, -0.15) is 0 Å². The van der Waals surface area contributed by atoms with E-state index < -0.39 is 10.0 Å². The lowest BCUT2D eigenvalue weighted by Crippen LogP contribution is -2.13. The summed E-state index contributed by atoms with van der Waals surface area (Å²) in [5.41, 5.74) is 6.91. The molecule has 0 saturated heterocycles. The van der Waals surface area contributed by atoms with Crippen molar-refractivity contribution in [1.82, 2.24) is 0 Å². The van der Waals surface area contributed by atoms with Gasteiger partial charge in [-0.15, -0.1) is 0 Å². The molecule has 7 heteroatoms. The van der Waals surface area contributed by atoms with Crippen LogP contribution in [-0.2, 0) is 10.0 Å². The fourth-order valence-corrected chi connectivity index (χ4v) is 3.34. The minimum atomic E-state index is -3.70. The maximum atomic E-state index is 12.3. The molecule has 1 atom stereocenters. The van der Waals surface area contributed by atoms with E-state index >= 15 is 0 Å². The van der Waals surface area contributed by atoms with E-state index in [4.69, 9.17) is 28.9 Å². The predicted octanol–water partition coefficient (Wildman–Crippen LogP) is 3.81. The van der Waals surface area contributed by atoms with Crippen molar-refractivity contribution >= 4 is 38.9 Å². The van der Waals surface area contributed by atoms with Gasteiger partial charge in [0.15, 0.2) is 0 Å². The third kappa shape index (κ3) is 4.11. The van der Waals surface area contributed by atoms with Crippen LogP contribution in [0.5, 0.6) is 0 Å². The van der Waals surface area contributed by atoms with Gasteiger partial charge in [0, 0.05) is 16.1 Å². The Morgan fingerprint density at radius 3 is 2.05 bits per heavy atom. The van der Waals surface area contributed by atoms with Gasteiger partial charge in [0.1, 0.15) is 0 Å². The number of hydrogen-bond acceptors (Lipinski definition) is 3. The highest BCUT2D eigenvalue weighted by molar-refractivity contribution is 7.92. The normalized spacial score (nSPS) is 13.0. The Morgan fingerprint density at radius 1 is 1.05 bits per heavy atom. The second-order valence-corrected chi connectivity index (χ2v) is 7.18. The molecule has 21 heavy (non-hydrogen) atoms. The number of hydrogen-bond donors (Lipinski definition) is 2. The van der Waals surface area contributed by atoms with E-state index in [1.165, 1.54) is 30.3 Å². The maximum absolute atomic E-state index is 12.3. The number of anilines is 1. The molecule has 0 fully saturated rings. The highest BCUT2D eigenvalue weighted by Gasteiger charge is 2.15. The summed E-state index contributed by atoms with van der Waals surface area (Å²) >= 11 is 11.7. The van der Waals surface area contributed by atoms with Gasteiger partial charge >= 0.3 is 0 Å². The van der Waals surface area contributed by atoms with E-state index in [1.54, 1.807) is 12.1 Å². The molecule has 112 valence electrons. The monoisotopic (exact) mass is 344 g/mol. The van der Waals surface area contributed by atoms with Crippen molar-refractivity contribution in [3.05, 3.63) is 58.1 Å². The summed E-state index contributed by atoms with van der Waals surface area (Å²) in [6, 6.07) is 10.7. The van der Waals surface area contributed by atoms with Gasteiger partial charge in [0.25, 0.3) is 10.0 Å². The predicted molar refractivity (Wildman–Crippen MR) is 86.3 cm³/mol. The van der Waals surface area contributed by atoms with Gasteiger partial charge in [-0.1, -0.05) is 35.3 Å². The number of halogens is 2. The third-order valence-electron chi connectivity index (χ3n) is 2.83. The molecule has 0 bridgehead atoms. The van der Waals surface area contributed by atoms with Gasteiger partial charge in [-0.3, -0.25) is 4.72 Å². The fraction of sp³-hybridized carbons (Fsp3) is 0.143. The number of nitrogens with two attached hydrogens (primary N) is 1. The molecule has 0 aromatic heterocycles. The maximum Gasteiger partial charge on any atom is 0.261 e. The largest absolute Gasteiger partial charge is 0.324 e. The Balaban J connectivity index is 2.29. The van der Waals surface area contributed by atoms with E-state index in [2.05, 4.69) is 4.72 Å². The van der Waals surface area contributed by atoms with Crippen LogP contribution >= 0.6 is 23.2 Å². The molecule has 0 aliphatic heterocycles. The molecular formula is C14H14Cl2N2O2S. The first-order valence-corrected chi connectivity index (χ1v) is 8.36. The Kier molecular flexibility index (Phi) is 4.78. The van der Waals surface area contributed by atoms with Crippen LogP contribution in [0.4, 0.5) is 5.69 Å². The Bertz CT molecular complexity index is 724. The van der Waals surface area contributed by atoms with E-state index in [0.717, 1.165) is 5.56 Å². The quantitative estimate of drug-likeness (QED) is 0.885. The number of rotatable bonds is 4. The Labute approximate surface area is 133 Å². The van der Waals surface area contributed by atoms with Gasteiger partial charge in [0.2, 0.25) is 0 Å². The molecule has 4 nitrogen and oxygen atoms in total. The summed E-state index contributed by atoms with van der Waals surface area (Å²) in [6.07, 6.45) is 0. The van der Waals surface area contributed by atoms with Crippen molar-refractivity contribution in [3.8, 4) is 0 Å². The van der Waals surface area contributed by atoms with E-state index in [9.17, 15) is 8.42 Å². The van der Waals surface area contributed by atoms with E-state index in [0.29, 0.717) is 15.7 Å². The van der Waals surface area contributed by atoms with Crippen LogP contribution in [0.3, 0.4) is 0 Å². The van der Waals surface area contributed by atoms with Crippen LogP contribution in [0.2, 0.25) is 10.0 Å². The molecule has 0 saturated carbocycles. The van der Waals surface area contributed by atoms with Gasteiger partial charge in [0.05, 0.1) is 10.6 Å².